The lowest BCUT2D eigenvalue weighted by atomic mass is 9.91. The van der Waals surface area contributed by atoms with Crippen molar-refractivity contribution in [3.05, 3.63) is 77.7 Å². The SMILES string of the molecule is Cn1nc(-c2ccccc2)c2c(-c3ccc(F)cc3)c(C=CCCCC(O)(O)C(=O)O)c(C3CC3)nc21. The molecule has 37 heavy (non-hydrogen) atoms. The third kappa shape index (κ3) is 5.03. The molecule has 1 fully saturated rings. The molecular weight excluding hydrogens is 473 g/mol. The molecule has 0 aliphatic heterocycles. The van der Waals surface area contributed by atoms with Gasteiger partial charge < -0.3 is 15.3 Å². The van der Waals surface area contributed by atoms with E-state index >= 15 is 0 Å². The minimum absolute atomic E-state index is 0.276. The van der Waals surface area contributed by atoms with Crippen LogP contribution in [0.4, 0.5) is 4.39 Å². The zero-order valence-electron chi connectivity index (χ0n) is 20.4. The first-order valence-electron chi connectivity index (χ1n) is 12.3. The van der Waals surface area contributed by atoms with Gasteiger partial charge in [-0.05, 0) is 43.4 Å². The topological polar surface area (TPSA) is 108 Å². The Morgan fingerprint density at radius 3 is 2.46 bits per heavy atom. The summed E-state index contributed by atoms with van der Waals surface area (Å²) in [6.07, 6.45) is 6.36. The molecule has 2 heterocycles. The van der Waals surface area contributed by atoms with Gasteiger partial charge in [0.25, 0.3) is 5.79 Å². The second-order valence-corrected chi connectivity index (χ2v) is 9.52. The molecule has 7 nitrogen and oxygen atoms in total. The van der Waals surface area contributed by atoms with Gasteiger partial charge in [-0.1, -0.05) is 54.6 Å². The number of nitrogens with zero attached hydrogens (tertiary/aromatic N) is 3. The number of aryl methyl sites for hydroxylation is 1. The summed E-state index contributed by atoms with van der Waals surface area (Å²) in [6, 6.07) is 16.3. The Balaban J connectivity index is 1.66. The molecule has 190 valence electrons. The van der Waals surface area contributed by atoms with E-state index in [1.165, 1.54) is 12.1 Å². The number of carbonyl (C=O) groups is 1. The van der Waals surface area contributed by atoms with E-state index in [1.54, 1.807) is 16.8 Å². The van der Waals surface area contributed by atoms with Crippen LogP contribution in [0.15, 0.2) is 60.7 Å². The molecule has 0 bridgehead atoms. The maximum absolute atomic E-state index is 13.9. The normalized spacial score (nSPS) is 14.1. The zero-order valence-corrected chi connectivity index (χ0v) is 20.4. The highest BCUT2D eigenvalue weighted by Crippen LogP contribution is 2.47. The summed E-state index contributed by atoms with van der Waals surface area (Å²) in [5.74, 6) is -4.41. The van der Waals surface area contributed by atoms with Crippen molar-refractivity contribution in [2.75, 3.05) is 0 Å². The van der Waals surface area contributed by atoms with Crippen molar-refractivity contribution >= 4 is 23.1 Å². The highest BCUT2D eigenvalue weighted by atomic mass is 19.1. The number of unbranched alkanes of at least 4 members (excludes halogenated alkanes) is 1. The molecule has 5 rings (SSSR count). The molecule has 0 amide bonds. The number of aliphatic hydroxyl groups is 2. The zero-order chi connectivity index (χ0) is 26.2. The van der Waals surface area contributed by atoms with Crippen LogP contribution < -0.4 is 0 Å². The molecule has 3 N–H and O–H groups in total. The number of fused-ring (bicyclic) bond motifs is 1. The van der Waals surface area contributed by atoms with Crippen molar-refractivity contribution < 1.29 is 24.5 Å². The third-order valence-corrected chi connectivity index (χ3v) is 6.71. The van der Waals surface area contributed by atoms with Gasteiger partial charge >= 0.3 is 5.97 Å². The standard InChI is InChI=1S/C29H28FN3O4/c1-33-27-24(26(32-33)19-8-4-2-5-9-19)23(18-13-15-21(30)16-14-18)22(25(31-27)20-11-12-20)10-6-3-7-17-29(36,37)28(34)35/h2,4-6,8-10,13-16,20,36-37H,3,7,11-12,17H2,1H3,(H,34,35). The van der Waals surface area contributed by atoms with Crippen LogP contribution in [0.2, 0.25) is 0 Å². The fourth-order valence-corrected chi connectivity index (χ4v) is 4.64. The van der Waals surface area contributed by atoms with E-state index in [4.69, 9.17) is 15.2 Å². The largest absolute Gasteiger partial charge is 0.477 e. The van der Waals surface area contributed by atoms with Crippen molar-refractivity contribution in [3.63, 3.8) is 0 Å². The molecule has 2 aromatic carbocycles. The number of halogens is 1. The van der Waals surface area contributed by atoms with Gasteiger partial charge in [-0.25, -0.2) is 18.9 Å². The number of carboxylic acids is 1. The van der Waals surface area contributed by atoms with Crippen LogP contribution in [-0.2, 0) is 11.8 Å². The van der Waals surface area contributed by atoms with E-state index in [0.29, 0.717) is 12.3 Å². The first-order valence-corrected chi connectivity index (χ1v) is 12.3. The molecule has 0 unspecified atom stereocenters. The third-order valence-electron chi connectivity index (χ3n) is 6.71. The first kappa shape index (κ1) is 24.8. The lowest BCUT2D eigenvalue weighted by Gasteiger charge is -2.16. The van der Waals surface area contributed by atoms with E-state index in [1.807, 2.05) is 49.5 Å². The van der Waals surface area contributed by atoms with E-state index < -0.39 is 11.8 Å². The molecule has 0 spiro atoms. The fourth-order valence-electron chi connectivity index (χ4n) is 4.64. The predicted octanol–water partition coefficient (Wildman–Crippen LogP) is 5.27. The molecular formula is C29H28FN3O4. The van der Waals surface area contributed by atoms with Crippen molar-refractivity contribution in [2.45, 2.75) is 43.8 Å². The minimum atomic E-state index is -2.74. The second kappa shape index (κ2) is 9.88. The molecule has 0 saturated heterocycles. The Morgan fingerprint density at radius 2 is 1.81 bits per heavy atom. The van der Waals surface area contributed by atoms with Gasteiger partial charge in [-0.3, -0.25) is 0 Å². The van der Waals surface area contributed by atoms with E-state index in [-0.39, 0.29) is 18.7 Å². The number of carboxylic acid groups (broad SMARTS) is 1. The van der Waals surface area contributed by atoms with Crippen LogP contribution >= 0.6 is 0 Å². The summed E-state index contributed by atoms with van der Waals surface area (Å²) in [7, 11) is 1.88. The van der Waals surface area contributed by atoms with Crippen LogP contribution in [0.5, 0.6) is 0 Å². The highest BCUT2D eigenvalue weighted by Gasteiger charge is 2.33. The number of hydrogen-bond acceptors (Lipinski definition) is 5. The quantitative estimate of drug-likeness (QED) is 0.213. The minimum Gasteiger partial charge on any atom is -0.477 e. The molecule has 0 atom stereocenters. The average molecular weight is 502 g/mol. The molecule has 1 saturated carbocycles. The lowest BCUT2D eigenvalue weighted by molar-refractivity contribution is -0.205. The number of benzene rings is 2. The number of aromatic nitrogens is 3. The van der Waals surface area contributed by atoms with Gasteiger partial charge in [-0.15, -0.1) is 0 Å². The van der Waals surface area contributed by atoms with Gasteiger partial charge in [0.15, 0.2) is 5.65 Å². The smallest absolute Gasteiger partial charge is 0.364 e. The summed E-state index contributed by atoms with van der Waals surface area (Å²) in [5.41, 5.74) is 6.12. The van der Waals surface area contributed by atoms with Crippen LogP contribution in [-0.4, -0.2) is 41.8 Å². The van der Waals surface area contributed by atoms with Crippen LogP contribution in [0.3, 0.4) is 0 Å². The van der Waals surface area contributed by atoms with E-state index in [9.17, 15) is 19.4 Å². The number of pyridine rings is 1. The fraction of sp³-hybridized carbons (Fsp3) is 0.276. The Kier molecular flexibility index (Phi) is 6.62. The lowest BCUT2D eigenvalue weighted by Crippen LogP contribution is -2.37. The maximum atomic E-state index is 13.9. The van der Waals surface area contributed by atoms with Crippen molar-refractivity contribution in [1.82, 2.24) is 14.8 Å². The second-order valence-electron chi connectivity index (χ2n) is 9.52. The molecule has 4 aromatic rings. The van der Waals surface area contributed by atoms with Crippen LogP contribution in [0.25, 0.3) is 39.5 Å². The number of rotatable bonds is 9. The summed E-state index contributed by atoms with van der Waals surface area (Å²) in [4.78, 5) is 16.0. The predicted molar refractivity (Wildman–Crippen MR) is 139 cm³/mol. The van der Waals surface area contributed by atoms with Gasteiger partial charge in [0.1, 0.15) is 11.5 Å². The average Bonchev–Trinajstić information content (AvgIpc) is 3.68. The molecule has 2 aromatic heterocycles. The number of allylic oxidation sites excluding steroid dienone is 1. The number of hydrogen-bond donors (Lipinski definition) is 3. The summed E-state index contributed by atoms with van der Waals surface area (Å²) >= 11 is 0. The van der Waals surface area contributed by atoms with Gasteiger partial charge in [0, 0.05) is 36.1 Å². The van der Waals surface area contributed by atoms with E-state index in [2.05, 4.69) is 0 Å². The maximum Gasteiger partial charge on any atom is 0.364 e. The summed E-state index contributed by atoms with van der Waals surface area (Å²) < 4.78 is 15.7. The van der Waals surface area contributed by atoms with Crippen molar-refractivity contribution in [3.8, 4) is 22.4 Å². The van der Waals surface area contributed by atoms with Crippen molar-refractivity contribution in [1.29, 1.82) is 0 Å². The number of aliphatic carboxylic acids is 1. The Labute approximate surface area is 213 Å². The first-order chi connectivity index (χ1) is 17.8. The van der Waals surface area contributed by atoms with Crippen LogP contribution in [0, 0.1) is 5.82 Å². The Bertz CT molecular complexity index is 1470. The molecule has 1 aliphatic carbocycles. The summed E-state index contributed by atoms with van der Waals surface area (Å²) in [6.45, 7) is 0. The molecule has 0 radical (unpaired) electrons. The van der Waals surface area contributed by atoms with Gasteiger partial charge in [0.2, 0.25) is 0 Å². The van der Waals surface area contributed by atoms with Gasteiger partial charge in [-0.2, -0.15) is 5.10 Å². The summed E-state index contributed by atoms with van der Waals surface area (Å²) in [5, 5.41) is 33.8. The Morgan fingerprint density at radius 1 is 1.11 bits per heavy atom. The van der Waals surface area contributed by atoms with E-state index in [0.717, 1.165) is 57.5 Å². The molecule has 8 heteroatoms. The van der Waals surface area contributed by atoms with Gasteiger partial charge in [0.05, 0.1) is 11.1 Å². The van der Waals surface area contributed by atoms with Crippen molar-refractivity contribution in [2.24, 2.45) is 7.05 Å². The molecule has 1 aliphatic rings. The van der Waals surface area contributed by atoms with Crippen LogP contribution in [0.1, 0.15) is 49.3 Å². The highest BCUT2D eigenvalue weighted by molar-refractivity contribution is 6.06. The monoisotopic (exact) mass is 501 g/mol. The Hall–Kier alpha value is -3.88.